The first-order chi connectivity index (χ1) is 6.65. The zero-order chi connectivity index (χ0) is 10.6. The zero-order valence-electron chi connectivity index (χ0n) is 7.76. The second-order valence-electron chi connectivity index (χ2n) is 2.68. The number of nitrogen functional groups attached to an aromatic ring is 1. The lowest BCUT2D eigenvalue weighted by molar-refractivity contribution is 0.339. The molecule has 0 saturated carbocycles. The van der Waals surface area contributed by atoms with Crippen LogP contribution in [0.25, 0.3) is 0 Å². The maximum absolute atomic E-state index is 13.1. The van der Waals surface area contributed by atoms with Gasteiger partial charge in [0.15, 0.2) is 11.6 Å². The second-order valence-corrected chi connectivity index (χ2v) is 2.68. The van der Waals surface area contributed by atoms with Crippen LogP contribution in [0, 0.1) is 11.6 Å². The fourth-order valence-electron chi connectivity index (χ4n) is 0.889. The van der Waals surface area contributed by atoms with Crippen LogP contribution in [-0.2, 0) is 0 Å². The van der Waals surface area contributed by atoms with Crippen molar-refractivity contribution in [2.45, 2.75) is 6.92 Å². The molecule has 0 saturated heterocycles. The monoisotopic (exact) mass is 199 g/mol. The molecule has 0 spiro atoms. The summed E-state index contributed by atoms with van der Waals surface area (Å²) in [4.78, 5) is 0. The standard InChI is InChI=1S/C10H11F2NO/c1-2-3-4-14-10-6-7(11)9(13)5-8(10)12/h2-3,5-6H,4,13H2,1H3/b3-2+. The quantitative estimate of drug-likeness (QED) is 0.599. The van der Waals surface area contributed by atoms with Crippen molar-refractivity contribution >= 4 is 5.69 Å². The maximum atomic E-state index is 13.1. The number of anilines is 1. The summed E-state index contributed by atoms with van der Waals surface area (Å²) in [5.74, 6) is -1.47. The number of halogens is 2. The Labute approximate surface area is 81.0 Å². The summed E-state index contributed by atoms with van der Waals surface area (Å²) in [6, 6.07) is 1.84. The smallest absolute Gasteiger partial charge is 0.167 e. The van der Waals surface area contributed by atoms with E-state index in [1.807, 2.05) is 6.92 Å². The summed E-state index contributed by atoms with van der Waals surface area (Å²) in [5, 5.41) is 0. The Balaban J connectivity index is 2.81. The molecule has 1 aromatic carbocycles. The van der Waals surface area contributed by atoms with E-state index in [0.29, 0.717) is 0 Å². The van der Waals surface area contributed by atoms with Crippen LogP contribution in [-0.4, -0.2) is 6.61 Å². The van der Waals surface area contributed by atoms with Crippen LogP contribution >= 0.6 is 0 Å². The summed E-state index contributed by atoms with van der Waals surface area (Å²) >= 11 is 0. The van der Waals surface area contributed by atoms with Gasteiger partial charge in [-0.3, -0.25) is 0 Å². The molecule has 14 heavy (non-hydrogen) atoms. The zero-order valence-corrected chi connectivity index (χ0v) is 7.76. The summed E-state index contributed by atoms with van der Waals surface area (Å²) in [6.07, 6.45) is 3.44. The largest absolute Gasteiger partial charge is 0.486 e. The minimum Gasteiger partial charge on any atom is -0.486 e. The van der Waals surface area contributed by atoms with E-state index in [1.165, 1.54) is 0 Å². The average molecular weight is 199 g/mol. The normalized spacial score (nSPS) is 10.8. The van der Waals surface area contributed by atoms with Gasteiger partial charge in [0, 0.05) is 12.1 Å². The van der Waals surface area contributed by atoms with Gasteiger partial charge in [0.05, 0.1) is 5.69 Å². The van der Waals surface area contributed by atoms with E-state index in [1.54, 1.807) is 12.2 Å². The van der Waals surface area contributed by atoms with Crippen LogP contribution in [0.1, 0.15) is 6.92 Å². The molecule has 1 aromatic rings. The molecule has 0 aliphatic rings. The van der Waals surface area contributed by atoms with Crippen molar-refractivity contribution in [1.29, 1.82) is 0 Å². The summed E-state index contributed by atoms with van der Waals surface area (Å²) in [7, 11) is 0. The number of hydrogen-bond acceptors (Lipinski definition) is 2. The molecule has 0 radical (unpaired) electrons. The van der Waals surface area contributed by atoms with Crippen LogP contribution in [0.3, 0.4) is 0 Å². The highest BCUT2D eigenvalue weighted by molar-refractivity contribution is 5.44. The van der Waals surface area contributed by atoms with Gasteiger partial charge in [0.2, 0.25) is 0 Å². The second kappa shape index (κ2) is 4.60. The Kier molecular flexibility index (Phi) is 3.45. The lowest BCUT2D eigenvalue weighted by atomic mass is 10.3. The summed E-state index contributed by atoms with van der Waals surface area (Å²) in [6.45, 7) is 2.01. The van der Waals surface area contributed by atoms with E-state index in [2.05, 4.69) is 0 Å². The van der Waals surface area contributed by atoms with Crippen LogP contribution in [0.4, 0.5) is 14.5 Å². The molecule has 0 aliphatic carbocycles. The van der Waals surface area contributed by atoms with Gasteiger partial charge in [-0.05, 0) is 6.92 Å². The number of hydrogen-bond donors (Lipinski definition) is 1. The van der Waals surface area contributed by atoms with Crippen molar-refractivity contribution in [2.75, 3.05) is 12.3 Å². The molecule has 0 unspecified atom stereocenters. The van der Waals surface area contributed by atoms with Gasteiger partial charge in [0.25, 0.3) is 0 Å². The molecule has 2 nitrogen and oxygen atoms in total. The topological polar surface area (TPSA) is 35.2 Å². The number of rotatable bonds is 3. The molecule has 0 heterocycles. The van der Waals surface area contributed by atoms with Gasteiger partial charge in [-0.1, -0.05) is 12.2 Å². The molecule has 0 bridgehead atoms. The van der Waals surface area contributed by atoms with E-state index in [4.69, 9.17) is 10.5 Å². The van der Waals surface area contributed by atoms with E-state index in [0.717, 1.165) is 12.1 Å². The van der Waals surface area contributed by atoms with Crippen molar-refractivity contribution in [3.63, 3.8) is 0 Å². The number of benzene rings is 1. The third kappa shape index (κ3) is 2.45. The molecule has 0 atom stereocenters. The lowest BCUT2D eigenvalue weighted by Crippen LogP contribution is -1.99. The van der Waals surface area contributed by atoms with Gasteiger partial charge in [-0.2, -0.15) is 0 Å². The Hall–Kier alpha value is -1.58. The highest BCUT2D eigenvalue weighted by Crippen LogP contribution is 2.22. The fraction of sp³-hybridized carbons (Fsp3) is 0.200. The number of nitrogens with two attached hydrogens (primary N) is 1. The van der Waals surface area contributed by atoms with Crippen molar-refractivity contribution in [1.82, 2.24) is 0 Å². The molecule has 2 N–H and O–H groups in total. The minimum absolute atomic E-state index is 0.130. The highest BCUT2D eigenvalue weighted by Gasteiger charge is 2.07. The molecule has 0 aliphatic heterocycles. The van der Waals surface area contributed by atoms with Crippen LogP contribution in [0.5, 0.6) is 5.75 Å². The first-order valence-electron chi connectivity index (χ1n) is 4.13. The van der Waals surface area contributed by atoms with Crippen LogP contribution in [0.2, 0.25) is 0 Å². The van der Waals surface area contributed by atoms with Crippen molar-refractivity contribution < 1.29 is 13.5 Å². The van der Waals surface area contributed by atoms with Gasteiger partial charge >= 0.3 is 0 Å². The fourth-order valence-corrected chi connectivity index (χ4v) is 0.889. The first kappa shape index (κ1) is 10.5. The third-order valence-electron chi connectivity index (χ3n) is 1.62. The third-order valence-corrected chi connectivity index (χ3v) is 1.62. The highest BCUT2D eigenvalue weighted by atomic mass is 19.1. The molecule has 0 aromatic heterocycles. The predicted octanol–water partition coefficient (Wildman–Crippen LogP) is 2.50. The molecule has 0 amide bonds. The Morgan fingerprint density at radius 2 is 2.07 bits per heavy atom. The molecule has 76 valence electrons. The molecule has 0 fully saturated rings. The van der Waals surface area contributed by atoms with Gasteiger partial charge < -0.3 is 10.5 Å². The molecule has 4 heteroatoms. The Bertz CT molecular complexity index is 350. The van der Waals surface area contributed by atoms with Crippen molar-refractivity contribution in [3.05, 3.63) is 35.9 Å². The Morgan fingerprint density at radius 1 is 1.36 bits per heavy atom. The molecular formula is C10H11F2NO. The first-order valence-corrected chi connectivity index (χ1v) is 4.13. The lowest BCUT2D eigenvalue weighted by Gasteiger charge is -2.05. The summed E-state index contributed by atoms with van der Waals surface area (Å²) < 4.78 is 30.9. The predicted molar refractivity (Wildman–Crippen MR) is 51.1 cm³/mol. The summed E-state index contributed by atoms with van der Waals surface area (Å²) in [5.41, 5.74) is 4.94. The van der Waals surface area contributed by atoms with Crippen molar-refractivity contribution in [2.24, 2.45) is 0 Å². The minimum atomic E-state index is -0.679. The van der Waals surface area contributed by atoms with E-state index in [-0.39, 0.29) is 18.0 Å². The van der Waals surface area contributed by atoms with E-state index in [9.17, 15) is 8.78 Å². The van der Waals surface area contributed by atoms with Gasteiger partial charge in [0.1, 0.15) is 12.4 Å². The van der Waals surface area contributed by atoms with Crippen LogP contribution in [0.15, 0.2) is 24.3 Å². The Morgan fingerprint density at radius 3 is 2.71 bits per heavy atom. The maximum Gasteiger partial charge on any atom is 0.167 e. The molecule has 1 rings (SSSR count). The van der Waals surface area contributed by atoms with Gasteiger partial charge in [-0.15, -0.1) is 0 Å². The average Bonchev–Trinajstić information content (AvgIpc) is 2.14. The SMILES string of the molecule is C/C=C/COc1cc(F)c(N)cc1F. The number of ether oxygens (including phenoxy) is 1. The van der Waals surface area contributed by atoms with E-state index < -0.39 is 11.6 Å². The van der Waals surface area contributed by atoms with Gasteiger partial charge in [-0.25, -0.2) is 8.78 Å². The van der Waals surface area contributed by atoms with Crippen molar-refractivity contribution in [3.8, 4) is 5.75 Å². The number of allylic oxidation sites excluding steroid dienone is 1. The van der Waals surface area contributed by atoms with E-state index >= 15 is 0 Å². The van der Waals surface area contributed by atoms with Crippen LogP contribution < -0.4 is 10.5 Å². The molecular weight excluding hydrogens is 188 g/mol.